The molecule has 0 saturated carbocycles. The number of benzene rings is 1. The molecule has 3 heterocycles. The van der Waals surface area contributed by atoms with Crippen LogP contribution in [0.25, 0.3) is 5.65 Å². The van der Waals surface area contributed by atoms with Crippen LogP contribution >= 0.6 is 12.4 Å². The van der Waals surface area contributed by atoms with Gasteiger partial charge in [0, 0.05) is 44.6 Å². The van der Waals surface area contributed by atoms with E-state index in [1.807, 2.05) is 31.0 Å². The third-order valence-electron chi connectivity index (χ3n) is 5.95. The van der Waals surface area contributed by atoms with Crippen LogP contribution in [0.1, 0.15) is 28.1 Å². The van der Waals surface area contributed by atoms with Gasteiger partial charge in [0.1, 0.15) is 0 Å². The van der Waals surface area contributed by atoms with Crippen LogP contribution in [0.4, 0.5) is 16.2 Å². The number of aromatic nitrogens is 2. The van der Waals surface area contributed by atoms with Crippen LogP contribution in [0, 0.1) is 27.7 Å². The number of carbonyl (C=O) groups is 1. The maximum atomic E-state index is 12.7. The van der Waals surface area contributed by atoms with Gasteiger partial charge in [0.2, 0.25) is 0 Å². The highest BCUT2D eigenvalue weighted by Gasteiger charge is 2.18. The van der Waals surface area contributed by atoms with Crippen LogP contribution in [0.15, 0.2) is 30.5 Å². The van der Waals surface area contributed by atoms with E-state index in [0.29, 0.717) is 6.54 Å². The van der Waals surface area contributed by atoms with E-state index in [0.717, 1.165) is 54.6 Å². The van der Waals surface area contributed by atoms with Crippen molar-refractivity contribution in [1.82, 2.24) is 19.6 Å². The van der Waals surface area contributed by atoms with Crippen molar-refractivity contribution < 1.29 is 4.79 Å². The van der Waals surface area contributed by atoms with Crippen LogP contribution in [0.3, 0.4) is 0 Å². The molecule has 2 amide bonds. The number of imidazole rings is 1. The molecule has 0 aliphatic carbocycles. The van der Waals surface area contributed by atoms with Crippen LogP contribution < -0.4 is 16.0 Å². The van der Waals surface area contributed by atoms with Gasteiger partial charge < -0.3 is 25.3 Å². The molecule has 0 unspecified atom stereocenters. The highest BCUT2D eigenvalue weighted by Crippen LogP contribution is 2.26. The summed E-state index contributed by atoms with van der Waals surface area (Å²) in [6, 6.07) is 8.27. The molecule has 31 heavy (non-hydrogen) atoms. The Morgan fingerprint density at radius 1 is 1.13 bits per heavy atom. The lowest BCUT2D eigenvalue weighted by Gasteiger charge is -2.27. The fourth-order valence-corrected chi connectivity index (χ4v) is 3.95. The Balaban J connectivity index is 0.00000272. The minimum absolute atomic E-state index is 0. The fourth-order valence-electron chi connectivity index (χ4n) is 3.95. The van der Waals surface area contributed by atoms with Crippen molar-refractivity contribution in [2.45, 2.75) is 34.2 Å². The molecule has 1 aliphatic rings. The van der Waals surface area contributed by atoms with E-state index in [2.05, 4.69) is 52.4 Å². The normalized spacial score (nSPS) is 13.7. The summed E-state index contributed by atoms with van der Waals surface area (Å²) in [5.41, 5.74) is 8.40. The Hall–Kier alpha value is -2.77. The van der Waals surface area contributed by atoms with Gasteiger partial charge in [-0.15, -0.1) is 12.4 Å². The van der Waals surface area contributed by atoms with E-state index in [-0.39, 0.29) is 18.4 Å². The first-order chi connectivity index (χ1) is 14.4. The van der Waals surface area contributed by atoms with Crippen molar-refractivity contribution in [3.63, 3.8) is 0 Å². The average Bonchev–Trinajstić information content (AvgIpc) is 3.02. The number of aryl methyl sites for hydroxylation is 4. The molecule has 1 saturated heterocycles. The SMILES string of the molecule is Cc1cccc(C)c1CNc1cc(NC(=O)N2CCNCC2)cn2c(C)c(C)nc12.Cl. The zero-order chi connectivity index (χ0) is 21.3. The van der Waals surface area contributed by atoms with Crippen molar-refractivity contribution in [3.8, 4) is 0 Å². The van der Waals surface area contributed by atoms with E-state index in [9.17, 15) is 4.79 Å². The molecule has 1 aromatic carbocycles. The number of nitrogens with one attached hydrogen (secondary N) is 3. The number of anilines is 2. The van der Waals surface area contributed by atoms with Crippen LogP contribution in [0.5, 0.6) is 0 Å². The second-order valence-corrected chi connectivity index (χ2v) is 8.01. The Labute approximate surface area is 189 Å². The number of piperazine rings is 1. The molecule has 3 aromatic rings. The lowest BCUT2D eigenvalue weighted by molar-refractivity contribution is 0.204. The molecule has 2 aromatic heterocycles. The largest absolute Gasteiger partial charge is 0.378 e. The highest BCUT2D eigenvalue weighted by molar-refractivity contribution is 5.91. The molecule has 4 rings (SSSR count). The summed E-state index contributed by atoms with van der Waals surface area (Å²) in [5, 5.41) is 9.91. The first kappa shape index (κ1) is 22.9. The van der Waals surface area contributed by atoms with E-state index >= 15 is 0 Å². The van der Waals surface area contributed by atoms with Gasteiger partial charge in [0.15, 0.2) is 5.65 Å². The summed E-state index contributed by atoms with van der Waals surface area (Å²) in [6.45, 7) is 12.1. The molecular weight excluding hydrogens is 412 g/mol. The number of carbonyl (C=O) groups excluding carboxylic acids is 1. The van der Waals surface area contributed by atoms with Gasteiger partial charge in [-0.1, -0.05) is 18.2 Å². The van der Waals surface area contributed by atoms with Crippen molar-refractivity contribution in [2.75, 3.05) is 36.8 Å². The number of pyridine rings is 1. The first-order valence-corrected chi connectivity index (χ1v) is 10.5. The predicted octanol–water partition coefficient (Wildman–Crippen LogP) is 4.04. The number of rotatable bonds is 4. The van der Waals surface area contributed by atoms with Crippen molar-refractivity contribution >= 4 is 35.5 Å². The molecule has 8 heteroatoms. The maximum Gasteiger partial charge on any atom is 0.321 e. The Morgan fingerprint density at radius 2 is 1.81 bits per heavy atom. The van der Waals surface area contributed by atoms with Crippen LogP contribution in [0.2, 0.25) is 0 Å². The van der Waals surface area contributed by atoms with E-state index in [4.69, 9.17) is 4.98 Å². The van der Waals surface area contributed by atoms with Crippen molar-refractivity contribution in [2.24, 2.45) is 0 Å². The number of hydrogen-bond acceptors (Lipinski definition) is 4. The van der Waals surface area contributed by atoms with Crippen molar-refractivity contribution in [3.05, 3.63) is 58.5 Å². The smallest absolute Gasteiger partial charge is 0.321 e. The number of hydrogen-bond donors (Lipinski definition) is 3. The molecule has 1 fully saturated rings. The minimum Gasteiger partial charge on any atom is -0.378 e. The van der Waals surface area contributed by atoms with E-state index in [1.165, 1.54) is 16.7 Å². The number of halogens is 1. The summed E-state index contributed by atoms with van der Waals surface area (Å²) in [5.74, 6) is 0. The summed E-state index contributed by atoms with van der Waals surface area (Å²) in [4.78, 5) is 19.3. The van der Waals surface area contributed by atoms with Gasteiger partial charge in [-0.25, -0.2) is 9.78 Å². The quantitative estimate of drug-likeness (QED) is 0.570. The average molecular weight is 443 g/mol. The van der Waals surface area contributed by atoms with Gasteiger partial charge in [-0.05, 0) is 50.5 Å². The number of fused-ring (bicyclic) bond motifs is 1. The lowest BCUT2D eigenvalue weighted by Crippen LogP contribution is -2.48. The summed E-state index contributed by atoms with van der Waals surface area (Å²) >= 11 is 0. The lowest BCUT2D eigenvalue weighted by atomic mass is 10.0. The molecule has 0 atom stereocenters. The molecule has 0 bridgehead atoms. The third-order valence-corrected chi connectivity index (χ3v) is 5.95. The van der Waals surface area contributed by atoms with E-state index in [1.54, 1.807) is 0 Å². The van der Waals surface area contributed by atoms with Gasteiger partial charge in [-0.3, -0.25) is 0 Å². The number of urea groups is 1. The topological polar surface area (TPSA) is 73.7 Å². The Kier molecular flexibility index (Phi) is 7.08. The van der Waals surface area contributed by atoms with Crippen LogP contribution in [-0.4, -0.2) is 46.5 Å². The zero-order valence-corrected chi connectivity index (χ0v) is 19.4. The third kappa shape index (κ3) is 4.78. The number of nitrogens with zero attached hydrogens (tertiary/aromatic N) is 3. The van der Waals surface area contributed by atoms with Gasteiger partial charge in [0.05, 0.1) is 17.1 Å². The minimum atomic E-state index is -0.0639. The molecule has 0 radical (unpaired) electrons. The molecule has 166 valence electrons. The van der Waals surface area contributed by atoms with Crippen molar-refractivity contribution in [1.29, 1.82) is 0 Å². The van der Waals surface area contributed by atoms with Gasteiger partial charge in [-0.2, -0.15) is 0 Å². The first-order valence-electron chi connectivity index (χ1n) is 10.5. The maximum absolute atomic E-state index is 12.7. The predicted molar refractivity (Wildman–Crippen MR) is 129 cm³/mol. The molecule has 7 nitrogen and oxygen atoms in total. The van der Waals surface area contributed by atoms with Gasteiger partial charge >= 0.3 is 6.03 Å². The molecule has 0 spiro atoms. The monoisotopic (exact) mass is 442 g/mol. The molecule has 1 aliphatic heterocycles. The molecular formula is C23H31ClN6O. The Morgan fingerprint density at radius 3 is 2.48 bits per heavy atom. The molecule has 3 N–H and O–H groups in total. The standard InChI is InChI=1S/C23H30N6O.ClH/c1-15-6-5-7-16(2)20(15)13-25-21-12-19(14-29-18(4)17(3)26-22(21)29)27-23(30)28-10-8-24-9-11-28;/h5-7,12,14,24-25H,8-11,13H2,1-4H3,(H,27,30);1H. The second-order valence-electron chi connectivity index (χ2n) is 8.01. The summed E-state index contributed by atoms with van der Waals surface area (Å²) in [7, 11) is 0. The van der Waals surface area contributed by atoms with Crippen LogP contribution in [-0.2, 0) is 6.54 Å². The van der Waals surface area contributed by atoms with Gasteiger partial charge in [0.25, 0.3) is 0 Å². The fraction of sp³-hybridized carbons (Fsp3) is 0.391. The summed E-state index contributed by atoms with van der Waals surface area (Å²) in [6.07, 6.45) is 1.95. The highest BCUT2D eigenvalue weighted by atomic mass is 35.5. The zero-order valence-electron chi connectivity index (χ0n) is 18.6. The number of amides is 2. The van der Waals surface area contributed by atoms with E-state index < -0.39 is 0 Å². The second kappa shape index (κ2) is 9.58. The Bertz CT molecular complexity index is 1070. The summed E-state index contributed by atoms with van der Waals surface area (Å²) < 4.78 is 2.05.